The number of anilines is 1. The highest BCUT2D eigenvalue weighted by Gasteiger charge is 2.37. The highest BCUT2D eigenvalue weighted by molar-refractivity contribution is 6.04. The molecule has 0 saturated carbocycles. The lowest BCUT2D eigenvalue weighted by Crippen LogP contribution is -2.18. The Kier molecular flexibility index (Phi) is 5.32. The van der Waals surface area contributed by atoms with Gasteiger partial charge in [-0.15, -0.1) is 0 Å². The number of hydrogen-bond acceptors (Lipinski definition) is 1. The van der Waals surface area contributed by atoms with Crippen molar-refractivity contribution < 1.29 is 31.1 Å². The summed E-state index contributed by atoms with van der Waals surface area (Å²) in [7, 11) is 0. The third-order valence-electron chi connectivity index (χ3n) is 3.84. The average molecular weight is 389 g/mol. The van der Waals surface area contributed by atoms with Gasteiger partial charge in [0.25, 0.3) is 5.91 Å². The fourth-order valence-corrected chi connectivity index (χ4v) is 2.35. The Morgan fingerprint density at radius 2 is 1.30 bits per heavy atom. The molecule has 0 aliphatic rings. The summed E-state index contributed by atoms with van der Waals surface area (Å²) in [4.78, 5) is 12.3. The van der Waals surface area contributed by atoms with Gasteiger partial charge in [0.15, 0.2) is 0 Å². The first-order valence-corrected chi connectivity index (χ1v) is 7.89. The topological polar surface area (TPSA) is 29.1 Å². The molecule has 146 valence electrons. The van der Waals surface area contributed by atoms with Crippen molar-refractivity contribution >= 4 is 11.6 Å². The van der Waals surface area contributed by atoms with E-state index in [0.29, 0.717) is 12.1 Å². The summed E-state index contributed by atoms with van der Waals surface area (Å²) in [6, 6.07) is 7.36. The molecular weight excluding hydrogens is 372 g/mol. The SMILES string of the molecule is CC(C)(C)c1cccc(NC(=O)c2cc(C(F)(F)F)cc(C(F)(F)F)c2)c1. The van der Waals surface area contributed by atoms with Gasteiger partial charge in [-0.2, -0.15) is 26.3 Å². The number of benzene rings is 2. The number of rotatable bonds is 2. The molecule has 27 heavy (non-hydrogen) atoms. The number of hydrogen-bond donors (Lipinski definition) is 1. The molecule has 0 spiro atoms. The molecule has 0 heterocycles. The van der Waals surface area contributed by atoms with Gasteiger partial charge in [0.05, 0.1) is 11.1 Å². The van der Waals surface area contributed by atoms with E-state index in [9.17, 15) is 31.1 Å². The van der Waals surface area contributed by atoms with Crippen LogP contribution < -0.4 is 5.32 Å². The molecule has 1 amide bonds. The number of halogens is 6. The Morgan fingerprint density at radius 1 is 0.778 bits per heavy atom. The van der Waals surface area contributed by atoms with Crippen LogP contribution in [0.2, 0.25) is 0 Å². The van der Waals surface area contributed by atoms with E-state index in [1.807, 2.05) is 26.8 Å². The summed E-state index contributed by atoms with van der Waals surface area (Å²) in [5.74, 6) is -1.06. The van der Waals surface area contributed by atoms with Crippen LogP contribution in [0.1, 0.15) is 47.8 Å². The quantitative estimate of drug-likeness (QED) is 0.602. The van der Waals surface area contributed by atoms with E-state index in [1.54, 1.807) is 12.1 Å². The van der Waals surface area contributed by atoms with Crippen molar-refractivity contribution in [2.75, 3.05) is 5.32 Å². The first-order valence-electron chi connectivity index (χ1n) is 7.89. The minimum Gasteiger partial charge on any atom is -0.322 e. The van der Waals surface area contributed by atoms with Gasteiger partial charge < -0.3 is 5.32 Å². The molecule has 0 unspecified atom stereocenters. The number of carbonyl (C=O) groups excluding carboxylic acids is 1. The Bertz CT molecular complexity index is 814. The minimum absolute atomic E-state index is 0.0169. The van der Waals surface area contributed by atoms with Crippen LogP contribution in [0, 0.1) is 0 Å². The molecule has 1 N–H and O–H groups in total. The summed E-state index contributed by atoms with van der Waals surface area (Å²) < 4.78 is 77.5. The van der Waals surface area contributed by atoms with E-state index in [-0.39, 0.29) is 17.2 Å². The molecule has 2 aromatic carbocycles. The molecule has 0 atom stereocenters. The Morgan fingerprint density at radius 3 is 1.74 bits per heavy atom. The van der Waals surface area contributed by atoms with E-state index < -0.39 is 35.0 Å². The zero-order valence-electron chi connectivity index (χ0n) is 14.7. The highest BCUT2D eigenvalue weighted by Crippen LogP contribution is 2.36. The van der Waals surface area contributed by atoms with E-state index in [0.717, 1.165) is 5.56 Å². The Balaban J connectivity index is 2.41. The second-order valence-corrected chi connectivity index (χ2v) is 7.08. The van der Waals surface area contributed by atoms with Crippen molar-refractivity contribution in [3.05, 3.63) is 64.7 Å². The monoisotopic (exact) mass is 389 g/mol. The average Bonchev–Trinajstić information content (AvgIpc) is 2.52. The summed E-state index contributed by atoms with van der Waals surface area (Å²) in [6.45, 7) is 5.78. The summed E-state index contributed by atoms with van der Waals surface area (Å²) in [6.07, 6.45) is -10.0. The van der Waals surface area contributed by atoms with Crippen LogP contribution in [0.5, 0.6) is 0 Å². The van der Waals surface area contributed by atoms with Crippen molar-refractivity contribution in [1.82, 2.24) is 0 Å². The molecule has 2 aromatic rings. The lowest BCUT2D eigenvalue weighted by molar-refractivity contribution is -0.143. The molecule has 0 aliphatic carbocycles. The maximum absolute atomic E-state index is 12.9. The van der Waals surface area contributed by atoms with Gasteiger partial charge in [0.1, 0.15) is 0 Å². The van der Waals surface area contributed by atoms with Gasteiger partial charge in [0, 0.05) is 11.3 Å². The standard InChI is InChI=1S/C19H17F6NO/c1-17(2,3)12-5-4-6-15(10-12)26-16(27)11-7-13(18(20,21)22)9-14(8-11)19(23,24)25/h4-10H,1-3H3,(H,26,27). The van der Waals surface area contributed by atoms with Gasteiger partial charge in [-0.1, -0.05) is 32.9 Å². The minimum atomic E-state index is -5.01. The number of carbonyl (C=O) groups is 1. The maximum atomic E-state index is 12.9. The molecule has 0 fully saturated rings. The van der Waals surface area contributed by atoms with Gasteiger partial charge in [-0.25, -0.2) is 0 Å². The number of alkyl halides is 6. The van der Waals surface area contributed by atoms with Crippen LogP contribution in [0.3, 0.4) is 0 Å². The summed E-state index contributed by atoms with van der Waals surface area (Å²) >= 11 is 0. The van der Waals surface area contributed by atoms with Crippen LogP contribution in [0.25, 0.3) is 0 Å². The third kappa shape index (κ3) is 5.24. The molecule has 0 aliphatic heterocycles. The van der Waals surface area contributed by atoms with Crippen LogP contribution in [0.4, 0.5) is 32.0 Å². The largest absolute Gasteiger partial charge is 0.416 e. The van der Waals surface area contributed by atoms with Crippen molar-refractivity contribution in [2.24, 2.45) is 0 Å². The second-order valence-electron chi connectivity index (χ2n) is 7.08. The van der Waals surface area contributed by atoms with Crippen molar-refractivity contribution in [3.8, 4) is 0 Å². The molecular formula is C19H17F6NO. The molecule has 0 saturated heterocycles. The molecule has 0 aromatic heterocycles. The maximum Gasteiger partial charge on any atom is 0.416 e. The van der Waals surface area contributed by atoms with Crippen LogP contribution in [-0.2, 0) is 17.8 Å². The second kappa shape index (κ2) is 6.90. The Labute approximate surface area is 152 Å². The zero-order valence-corrected chi connectivity index (χ0v) is 14.7. The number of nitrogens with one attached hydrogen (secondary N) is 1. The molecule has 0 radical (unpaired) electrons. The number of amides is 1. The predicted octanol–water partition coefficient (Wildman–Crippen LogP) is 6.27. The van der Waals surface area contributed by atoms with Crippen LogP contribution in [0.15, 0.2) is 42.5 Å². The van der Waals surface area contributed by atoms with Crippen molar-refractivity contribution in [1.29, 1.82) is 0 Å². The molecule has 2 nitrogen and oxygen atoms in total. The van der Waals surface area contributed by atoms with Gasteiger partial charge in [-0.3, -0.25) is 4.79 Å². The first-order chi connectivity index (χ1) is 12.2. The smallest absolute Gasteiger partial charge is 0.322 e. The fraction of sp³-hybridized carbons (Fsp3) is 0.316. The lowest BCUT2D eigenvalue weighted by atomic mass is 9.87. The first kappa shape index (κ1) is 20.8. The third-order valence-corrected chi connectivity index (χ3v) is 3.84. The normalized spacial score (nSPS) is 12.8. The van der Waals surface area contributed by atoms with Gasteiger partial charge in [-0.05, 0) is 41.3 Å². The lowest BCUT2D eigenvalue weighted by Gasteiger charge is -2.20. The van der Waals surface area contributed by atoms with Crippen molar-refractivity contribution in [2.45, 2.75) is 38.5 Å². The van der Waals surface area contributed by atoms with Crippen LogP contribution in [-0.4, -0.2) is 5.91 Å². The highest BCUT2D eigenvalue weighted by atomic mass is 19.4. The molecule has 0 bridgehead atoms. The Hall–Kier alpha value is -2.51. The van der Waals surface area contributed by atoms with Gasteiger partial charge >= 0.3 is 12.4 Å². The van der Waals surface area contributed by atoms with Crippen LogP contribution >= 0.6 is 0 Å². The van der Waals surface area contributed by atoms with E-state index >= 15 is 0 Å². The van der Waals surface area contributed by atoms with E-state index in [1.165, 1.54) is 6.07 Å². The van der Waals surface area contributed by atoms with Crippen molar-refractivity contribution in [3.63, 3.8) is 0 Å². The summed E-state index contributed by atoms with van der Waals surface area (Å²) in [5, 5.41) is 2.35. The van der Waals surface area contributed by atoms with E-state index in [4.69, 9.17) is 0 Å². The summed E-state index contributed by atoms with van der Waals surface area (Å²) in [5.41, 5.74) is -2.92. The van der Waals surface area contributed by atoms with E-state index in [2.05, 4.69) is 5.32 Å². The van der Waals surface area contributed by atoms with Gasteiger partial charge in [0.2, 0.25) is 0 Å². The zero-order chi connectivity index (χ0) is 20.6. The predicted molar refractivity (Wildman–Crippen MR) is 89.5 cm³/mol. The molecule has 8 heteroatoms. The fourth-order valence-electron chi connectivity index (χ4n) is 2.35. The molecule has 2 rings (SSSR count).